The van der Waals surface area contributed by atoms with Crippen molar-refractivity contribution in [3.8, 4) is 0 Å². The highest BCUT2D eigenvalue weighted by Gasteiger charge is 2.17. The second kappa shape index (κ2) is 45.0. The third-order valence-electron chi connectivity index (χ3n) is 11.1. The number of carboxylic acid groups (broad SMARTS) is 1. The number of ether oxygens (including phenoxy) is 3. The van der Waals surface area contributed by atoms with Gasteiger partial charge in [0.15, 0.2) is 6.29 Å². The highest BCUT2D eigenvalue weighted by molar-refractivity contribution is 5.69. The smallest absolute Gasteiger partial charge is 0.305 e. The molecule has 8 nitrogen and oxygen atoms in total. The molecule has 0 fully saturated rings. The number of carbonyl (C=O) groups excluding carboxylic acids is 2. The minimum Gasteiger partial charge on any atom is -0.545 e. The first kappa shape index (κ1) is 58.0. The molecule has 2 unspecified atom stereocenters. The van der Waals surface area contributed by atoms with Crippen LogP contribution in [0, 0.1) is 0 Å². The van der Waals surface area contributed by atoms with Crippen LogP contribution in [0.4, 0.5) is 0 Å². The first-order chi connectivity index (χ1) is 29.2. The number of aliphatic carboxylic acids is 1. The van der Waals surface area contributed by atoms with E-state index in [-0.39, 0.29) is 25.8 Å². The molecule has 0 spiro atoms. The van der Waals surface area contributed by atoms with Crippen molar-refractivity contribution in [1.29, 1.82) is 0 Å². The quantitative estimate of drug-likeness (QED) is 0.0214. The molecule has 0 saturated heterocycles. The molecule has 1 N–H and O–H groups in total. The summed E-state index contributed by atoms with van der Waals surface area (Å²) in [6.07, 6.45) is 55.0. The van der Waals surface area contributed by atoms with Gasteiger partial charge in [0, 0.05) is 6.42 Å². The summed E-state index contributed by atoms with van der Waals surface area (Å²) in [6, 6.07) is 0. The topological polar surface area (TPSA) is 105 Å². The normalized spacial score (nSPS) is 13.3. The molecule has 8 heteroatoms. The molecule has 0 rings (SSSR count). The molecule has 0 saturated carbocycles. The third-order valence-corrected chi connectivity index (χ3v) is 11.1. The van der Waals surface area contributed by atoms with Gasteiger partial charge in [-0.15, -0.1) is 0 Å². The van der Waals surface area contributed by atoms with E-state index in [2.05, 4.69) is 43.4 Å². The summed E-state index contributed by atoms with van der Waals surface area (Å²) in [7, 11) is 5.88. The van der Waals surface area contributed by atoms with Crippen LogP contribution in [0.15, 0.2) is 36.5 Å². The zero-order chi connectivity index (χ0) is 44.0. The number of quaternary nitrogens is 1. The van der Waals surface area contributed by atoms with Crippen molar-refractivity contribution in [1.82, 2.24) is 0 Å². The van der Waals surface area contributed by atoms with Crippen LogP contribution in [0.2, 0.25) is 0 Å². The van der Waals surface area contributed by atoms with Gasteiger partial charge in [-0.05, 0) is 44.9 Å². The van der Waals surface area contributed by atoms with Gasteiger partial charge in [0.1, 0.15) is 19.3 Å². The van der Waals surface area contributed by atoms with Crippen LogP contribution in [0.5, 0.6) is 0 Å². The molecular formula is C52H97NO7. The number of aliphatic hydroxyl groups excluding tert-OH is 1. The molecule has 0 heterocycles. The Morgan fingerprint density at radius 3 is 1.27 bits per heavy atom. The van der Waals surface area contributed by atoms with E-state index in [0.717, 1.165) is 32.1 Å². The second-order valence-electron chi connectivity index (χ2n) is 18.3. The van der Waals surface area contributed by atoms with Crippen LogP contribution in [0.3, 0.4) is 0 Å². The second-order valence-corrected chi connectivity index (χ2v) is 18.3. The molecule has 0 aromatic heterocycles. The number of nitrogens with zero attached hydrogens (tertiary/aromatic N) is 1. The lowest BCUT2D eigenvalue weighted by Crippen LogP contribution is -2.44. The number of carboxylic acids is 1. The molecule has 0 amide bonds. The summed E-state index contributed by atoms with van der Waals surface area (Å²) in [5, 5.41) is 21.2. The van der Waals surface area contributed by atoms with Gasteiger partial charge < -0.3 is 33.7 Å². The summed E-state index contributed by atoms with van der Waals surface area (Å²) >= 11 is 0. The van der Waals surface area contributed by atoms with E-state index < -0.39 is 18.4 Å². The van der Waals surface area contributed by atoms with Gasteiger partial charge in [0.05, 0.1) is 40.3 Å². The van der Waals surface area contributed by atoms with Crippen molar-refractivity contribution in [2.75, 3.05) is 47.5 Å². The summed E-state index contributed by atoms with van der Waals surface area (Å²) < 4.78 is 16.1. The molecule has 0 aromatic carbocycles. The van der Waals surface area contributed by atoms with E-state index in [1.807, 2.05) is 21.1 Å². The fraction of sp³-hybridized carbons (Fsp3) is 0.846. The fourth-order valence-electron chi connectivity index (χ4n) is 7.19. The Hall–Kier alpha value is -2.00. The number of unbranched alkanes of at least 4 members (excludes halogenated alkanes) is 29. The van der Waals surface area contributed by atoms with Gasteiger partial charge in [0.25, 0.3) is 0 Å². The molecule has 0 aromatic rings. The molecule has 0 bridgehead atoms. The Bertz CT molecular complexity index is 1020. The Balaban J connectivity index is 3.35. The summed E-state index contributed by atoms with van der Waals surface area (Å²) in [5.74, 6) is -1.86. The van der Waals surface area contributed by atoms with Gasteiger partial charge in [-0.3, -0.25) is 4.79 Å². The van der Waals surface area contributed by atoms with E-state index >= 15 is 0 Å². The zero-order valence-corrected chi connectivity index (χ0v) is 39.8. The molecule has 2 atom stereocenters. The summed E-state index contributed by atoms with van der Waals surface area (Å²) in [5.41, 5.74) is 0. The highest BCUT2D eigenvalue weighted by atomic mass is 16.7. The van der Waals surface area contributed by atoms with Crippen molar-refractivity contribution in [2.45, 2.75) is 238 Å². The standard InChI is InChI=1S/C52H97NO7/c1-5-6-7-8-9-10-11-12-13-14-15-16-17-18-19-20-21-22-23-24-25-26-27-28-29-30-31-32-33-34-35-36-37-38-39-40-41-42-43-44-50(55)59-47-49(54)48-60-52(51(56)57)58-46-45-53(2,3)4/h11-12,14-15,17-18,49,52,54H,5-10,13,16,19-48H2,1-4H3/b12-11-,15-14-,18-17-. The minimum absolute atomic E-state index is 0.172. The molecule has 0 radical (unpaired) electrons. The first-order valence-electron chi connectivity index (χ1n) is 25.2. The summed E-state index contributed by atoms with van der Waals surface area (Å²) in [6.45, 7) is 2.47. The lowest BCUT2D eigenvalue weighted by Gasteiger charge is -2.26. The average Bonchev–Trinajstić information content (AvgIpc) is 3.21. The van der Waals surface area contributed by atoms with Gasteiger partial charge in [-0.25, -0.2) is 0 Å². The number of hydrogen-bond donors (Lipinski definition) is 1. The maximum absolute atomic E-state index is 12.0. The van der Waals surface area contributed by atoms with Crippen LogP contribution in [-0.4, -0.2) is 81.4 Å². The predicted octanol–water partition coefficient (Wildman–Crippen LogP) is 12.7. The van der Waals surface area contributed by atoms with Crippen molar-refractivity contribution in [3.63, 3.8) is 0 Å². The Kier molecular flexibility index (Phi) is 43.5. The number of likely N-dealkylation sites (N-methyl/N-ethyl adjacent to an activating group) is 1. The van der Waals surface area contributed by atoms with E-state index in [1.54, 1.807) is 0 Å². The van der Waals surface area contributed by atoms with Crippen LogP contribution in [-0.2, 0) is 23.8 Å². The maximum atomic E-state index is 12.0. The number of rotatable bonds is 47. The summed E-state index contributed by atoms with van der Waals surface area (Å²) in [4.78, 5) is 23.2. The molecule has 60 heavy (non-hydrogen) atoms. The lowest BCUT2D eigenvalue weighted by molar-refractivity contribution is -0.870. The SMILES string of the molecule is CCCCCCC/C=C\C/C=C\C/C=C\CCCCCCCCCCCCCCCCCCCCCCCCCCC(=O)OCC(O)COC(OCC[N+](C)(C)C)C(=O)[O-]. The Labute approximate surface area is 371 Å². The van der Waals surface area contributed by atoms with Gasteiger partial charge >= 0.3 is 5.97 Å². The van der Waals surface area contributed by atoms with Crippen molar-refractivity contribution in [2.24, 2.45) is 0 Å². The van der Waals surface area contributed by atoms with Crippen LogP contribution >= 0.6 is 0 Å². The molecule has 0 aliphatic rings. The number of carbonyl (C=O) groups is 2. The number of esters is 1. The van der Waals surface area contributed by atoms with Crippen molar-refractivity contribution in [3.05, 3.63) is 36.5 Å². The van der Waals surface area contributed by atoms with Crippen molar-refractivity contribution < 1.29 is 38.5 Å². The lowest BCUT2D eigenvalue weighted by atomic mass is 10.0. The van der Waals surface area contributed by atoms with Gasteiger partial charge in [-0.1, -0.05) is 210 Å². The monoisotopic (exact) mass is 848 g/mol. The maximum Gasteiger partial charge on any atom is 0.305 e. The predicted molar refractivity (Wildman–Crippen MR) is 251 cm³/mol. The Morgan fingerprint density at radius 2 is 0.883 bits per heavy atom. The fourth-order valence-corrected chi connectivity index (χ4v) is 7.19. The van der Waals surface area contributed by atoms with Gasteiger partial charge in [-0.2, -0.15) is 0 Å². The average molecular weight is 848 g/mol. The zero-order valence-electron chi connectivity index (χ0n) is 39.8. The van der Waals surface area contributed by atoms with Gasteiger partial charge in [0.2, 0.25) is 0 Å². The van der Waals surface area contributed by atoms with E-state index in [1.165, 1.54) is 180 Å². The van der Waals surface area contributed by atoms with E-state index in [0.29, 0.717) is 17.4 Å². The van der Waals surface area contributed by atoms with Crippen molar-refractivity contribution >= 4 is 11.9 Å². The van der Waals surface area contributed by atoms with Crippen LogP contribution < -0.4 is 5.11 Å². The minimum atomic E-state index is -1.57. The third kappa shape index (κ3) is 47.1. The highest BCUT2D eigenvalue weighted by Crippen LogP contribution is 2.16. The first-order valence-corrected chi connectivity index (χ1v) is 25.2. The molecular weight excluding hydrogens is 751 g/mol. The van der Waals surface area contributed by atoms with Crippen LogP contribution in [0.25, 0.3) is 0 Å². The van der Waals surface area contributed by atoms with E-state index in [4.69, 9.17) is 14.2 Å². The van der Waals surface area contributed by atoms with Crippen LogP contribution in [0.1, 0.15) is 225 Å². The van der Waals surface area contributed by atoms with E-state index in [9.17, 15) is 19.8 Å². The number of aliphatic hydroxyl groups is 1. The number of allylic oxidation sites excluding steroid dienone is 6. The largest absolute Gasteiger partial charge is 0.545 e. The number of hydrogen-bond acceptors (Lipinski definition) is 7. The molecule has 0 aliphatic heterocycles. The molecule has 352 valence electrons. The Morgan fingerprint density at radius 1 is 0.517 bits per heavy atom. The molecule has 0 aliphatic carbocycles.